The maximum atomic E-state index is 12.5. The fraction of sp³-hybridized carbons (Fsp3) is 0.111. The van der Waals surface area contributed by atoms with Crippen molar-refractivity contribution in [1.29, 1.82) is 0 Å². The van der Waals surface area contributed by atoms with Crippen LogP contribution in [0, 0.1) is 0 Å². The topological polar surface area (TPSA) is 46.6 Å². The number of amides is 2. The molecule has 1 heterocycles. The van der Waals surface area contributed by atoms with Crippen LogP contribution in [0.25, 0.3) is 6.08 Å². The van der Waals surface area contributed by atoms with Gasteiger partial charge in [0.1, 0.15) is 5.75 Å². The maximum Gasteiger partial charge on any atom is 0.293 e. The number of hydrogen-bond donors (Lipinski definition) is 0. The molecule has 1 aliphatic rings. The summed E-state index contributed by atoms with van der Waals surface area (Å²) in [6.07, 6.45) is 1.70. The van der Waals surface area contributed by atoms with Gasteiger partial charge in [0.15, 0.2) is 0 Å². The molecule has 0 unspecified atom stereocenters. The van der Waals surface area contributed by atoms with Crippen molar-refractivity contribution in [3.05, 3.63) is 69.6 Å². The minimum absolute atomic E-state index is 0.233. The maximum absolute atomic E-state index is 12.5. The van der Waals surface area contributed by atoms with E-state index in [-0.39, 0.29) is 17.7 Å². The molecule has 0 bridgehead atoms. The molecule has 1 aliphatic heterocycles. The molecule has 4 nitrogen and oxygen atoms in total. The minimum Gasteiger partial charge on any atom is -0.497 e. The molecule has 0 radical (unpaired) electrons. The average molecular weight is 360 g/mol. The molecule has 0 spiro atoms. The molecule has 3 rings (SSSR count). The predicted molar refractivity (Wildman–Crippen MR) is 96.0 cm³/mol. The van der Waals surface area contributed by atoms with Gasteiger partial charge in [0.05, 0.1) is 18.6 Å². The fourth-order valence-electron chi connectivity index (χ4n) is 2.29. The molecule has 0 atom stereocenters. The quantitative estimate of drug-likeness (QED) is 0.749. The van der Waals surface area contributed by atoms with E-state index in [1.54, 1.807) is 37.5 Å². The smallest absolute Gasteiger partial charge is 0.293 e. The number of carbonyl (C=O) groups is 2. The molecular weight excluding hydrogens is 346 g/mol. The number of methoxy groups -OCH3 is 1. The summed E-state index contributed by atoms with van der Waals surface area (Å²) in [6, 6.07) is 14.4. The van der Waals surface area contributed by atoms with E-state index in [9.17, 15) is 9.59 Å². The Kier molecular flexibility index (Phi) is 4.92. The molecule has 0 N–H and O–H groups in total. The van der Waals surface area contributed by atoms with Gasteiger partial charge in [-0.15, -0.1) is 0 Å². The molecule has 0 aromatic heterocycles. The minimum atomic E-state index is -0.289. The first-order chi connectivity index (χ1) is 11.6. The lowest BCUT2D eigenvalue weighted by Crippen LogP contribution is -2.27. The third-order valence-electron chi connectivity index (χ3n) is 3.52. The highest BCUT2D eigenvalue weighted by Crippen LogP contribution is 2.33. The molecule has 6 heteroatoms. The van der Waals surface area contributed by atoms with Crippen molar-refractivity contribution in [2.45, 2.75) is 6.54 Å². The molecule has 0 saturated carbocycles. The van der Waals surface area contributed by atoms with E-state index in [1.165, 1.54) is 4.90 Å². The van der Waals surface area contributed by atoms with Gasteiger partial charge in [-0.1, -0.05) is 35.9 Å². The SMILES string of the molecule is COc1cccc(/C=C2\SC(=O)N(Cc3ccc(Cl)cc3)C2=O)c1. The Hall–Kier alpha value is -2.24. The zero-order valence-electron chi connectivity index (χ0n) is 12.9. The number of hydrogen-bond acceptors (Lipinski definition) is 4. The second kappa shape index (κ2) is 7.11. The lowest BCUT2D eigenvalue weighted by Gasteiger charge is -2.12. The van der Waals surface area contributed by atoms with Gasteiger partial charge < -0.3 is 4.74 Å². The van der Waals surface area contributed by atoms with Crippen LogP contribution < -0.4 is 4.74 Å². The zero-order valence-corrected chi connectivity index (χ0v) is 14.4. The molecular formula is C18H14ClNO3S. The van der Waals surface area contributed by atoms with Gasteiger partial charge in [0.2, 0.25) is 0 Å². The second-order valence-electron chi connectivity index (χ2n) is 5.17. The Labute approximate surface area is 149 Å². The van der Waals surface area contributed by atoms with E-state index < -0.39 is 0 Å². The number of benzene rings is 2. The fourth-order valence-corrected chi connectivity index (χ4v) is 3.26. The highest BCUT2D eigenvalue weighted by atomic mass is 35.5. The van der Waals surface area contributed by atoms with E-state index in [4.69, 9.17) is 16.3 Å². The molecule has 2 aromatic rings. The van der Waals surface area contributed by atoms with Gasteiger partial charge in [0.25, 0.3) is 11.1 Å². The molecule has 2 amide bonds. The second-order valence-corrected chi connectivity index (χ2v) is 6.60. The molecule has 122 valence electrons. The van der Waals surface area contributed by atoms with Crippen LogP contribution in [0.1, 0.15) is 11.1 Å². The van der Waals surface area contributed by atoms with Crippen LogP contribution in [0.5, 0.6) is 5.75 Å². The molecule has 0 aliphatic carbocycles. The number of carbonyl (C=O) groups excluding carboxylic acids is 2. The predicted octanol–water partition coefficient (Wildman–Crippen LogP) is 4.59. The number of rotatable bonds is 4. The standard InChI is InChI=1S/C18H14ClNO3S/c1-23-15-4-2-3-13(9-15)10-16-17(21)20(18(22)24-16)11-12-5-7-14(19)8-6-12/h2-10H,11H2,1H3/b16-10-. The number of imide groups is 1. The molecule has 1 fully saturated rings. The lowest BCUT2D eigenvalue weighted by atomic mass is 10.2. The van der Waals surface area contributed by atoms with Crippen molar-refractivity contribution in [2.24, 2.45) is 0 Å². The monoisotopic (exact) mass is 359 g/mol. The van der Waals surface area contributed by atoms with E-state index >= 15 is 0 Å². The van der Waals surface area contributed by atoms with Crippen LogP contribution >= 0.6 is 23.4 Å². The first-order valence-electron chi connectivity index (χ1n) is 7.20. The van der Waals surface area contributed by atoms with Gasteiger partial charge in [-0.3, -0.25) is 14.5 Å². The summed E-state index contributed by atoms with van der Waals surface area (Å²) in [6.45, 7) is 0.233. The number of halogens is 1. The summed E-state index contributed by atoms with van der Waals surface area (Å²) in [4.78, 5) is 26.3. The van der Waals surface area contributed by atoms with Crippen LogP contribution in [0.15, 0.2) is 53.4 Å². The average Bonchev–Trinajstić information content (AvgIpc) is 2.84. The van der Waals surface area contributed by atoms with Gasteiger partial charge in [-0.05, 0) is 53.2 Å². The van der Waals surface area contributed by atoms with Gasteiger partial charge in [0, 0.05) is 5.02 Å². The van der Waals surface area contributed by atoms with Gasteiger partial charge >= 0.3 is 0 Å². The Morgan fingerprint density at radius 2 is 1.92 bits per heavy atom. The van der Waals surface area contributed by atoms with Crippen LogP contribution in [0.2, 0.25) is 5.02 Å². The summed E-state index contributed by atoms with van der Waals surface area (Å²) < 4.78 is 5.17. The largest absolute Gasteiger partial charge is 0.497 e. The lowest BCUT2D eigenvalue weighted by molar-refractivity contribution is -0.123. The summed E-state index contributed by atoms with van der Waals surface area (Å²) in [5, 5.41) is 0.343. The number of thioether (sulfide) groups is 1. The Balaban J connectivity index is 1.80. The van der Waals surface area contributed by atoms with E-state index in [2.05, 4.69) is 0 Å². The Morgan fingerprint density at radius 3 is 2.62 bits per heavy atom. The van der Waals surface area contributed by atoms with E-state index in [0.29, 0.717) is 15.7 Å². The number of nitrogens with zero attached hydrogens (tertiary/aromatic N) is 1. The molecule has 2 aromatic carbocycles. The van der Waals surface area contributed by atoms with Crippen molar-refractivity contribution in [3.63, 3.8) is 0 Å². The van der Waals surface area contributed by atoms with E-state index in [1.807, 2.05) is 24.3 Å². The summed E-state index contributed by atoms with van der Waals surface area (Å²) in [7, 11) is 1.58. The highest BCUT2D eigenvalue weighted by molar-refractivity contribution is 8.18. The van der Waals surface area contributed by atoms with Crippen molar-refractivity contribution in [1.82, 2.24) is 4.90 Å². The van der Waals surface area contributed by atoms with Crippen molar-refractivity contribution in [3.8, 4) is 5.75 Å². The van der Waals surface area contributed by atoms with Crippen molar-refractivity contribution in [2.75, 3.05) is 7.11 Å². The van der Waals surface area contributed by atoms with Crippen LogP contribution in [-0.2, 0) is 11.3 Å². The van der Waals surface area contributed by atoms with Crippen molar-refractivity contribution < 1.29 is 14.3 Å². The summed E-state index contributed by atoms with van der Waals surface area (Å²) in [5.74, 6) is 0.409. The third kappa shape index (κ3) is 3.63. The summed E-state index contributed by atoms with van der Waals surface area (Å²) in [5.41, 5.74) is 1.66. The highest BCUT2D eigenvalue weighted by Gasteiger charge is 2.34. The third-order valence-corrected chi connectivity index (χ3v) is 4.68. The Bertz CT molecular complexity index is 817. The van der Waals surface area contributed by atoms with Crippen molar-refractivity contribution >= 4 is 40.6 Å². The van der Waals surface area contributed by atoms with Crippen LogP contribution in [0.3, 0.4) is 0 Å². The zero-order chi connectivity index (χ0) is 17.1. The van der Waals surface area contributed by atoms with Gasteiger partial charge in [-0.2, -0.15) is 0 Å². The van der Waals surface area contributed by atoms with Gasteiger partial charge in [-0.25, -0.2) is 0 Å². The number of ether oxygens (including phenoxy) is 1. The normalized spacial score (nSPS) is 16.1. The summed E-state index contributed by atoms with van der Waals surface area (Å²) >= 11 is 6.80. The van der Waals surface area contributed by atoms with Crippen LogP contribution in [-0.4, -0.2) is 23.2 Å². The molecule has 1 saturated heterocycles. The first kappa shape index (κ1) is 16.6. The van der Waals surface area contributed by atoms with E-state index in [0.717, 1.165) is 22.9 Å². The molecule has 24 heavy (non-hydrogen) atoms. The van der Waals surface area contributed by atoms with Crippen LogP contribution in [0.4, 0.5) is 4.79 Å². The Morgan fingerprint density at radius 1 is 1.17 bits per heavy atom. The first-order valence-corrected chi connectivity index (χ1v) is 8.40.